The lowest BCUT2D eigenvalue weighted by Crippen LogP contribution is -2.53. The molecular formula is C23H26N4O2. The third kappa shape index (κ3) is 4.47. The molecule has 0 unspecified atom stereocenters. The molecule has 6 heteroatoms. The number of nitrogens with zero attached hydrogens (tertiary/aromatic N) is 4. The summed E-state index contributed by atoms with van der Waals surface area (Å²) in [5.41, 5.74) is 3.49. The Morgan fingerprint density at radius 1 is 1.07 bits per heavy atom. The first-order valence-corrected chi connectivity index (χ1v) is 9.84. The molecule has 0 amide bonds. The number of hydrogen-bond donors (Lipinski definition) is 0. The van der Waals surface area contributed by atoms with Crippen LogP contribution in [0.4, 0.5) is 5.69 Å². The molecule has 1 fully saturated rings. The summed E-state index contributed by atoms with van der Waals surface area (Å²) in [5, 5.41) is 0. The van der Waals surface area contributed by atoms with Gasteiger partial charge in [-0.15, -0.1) is 0 Å². The van der Waals surface area contributed by atoms with E-state index < -0.39 is 0 Å². The van der Waals surface area contributed by atoms with Crippen molar-refractivity contribution in [2.45, 2.75) is 33.9 Å². The summed E-state index contributed by atoms with van der Waals surface area (Å²) in [4.78, 5) is 23.3. The average Bonchev–Trinajstić information content (AvgIpc) is 2.68. The van der Waals surface area contributed by atoms with Gasteiger partial charge in [0.25, 0.3) is 5.56 Å². The molecule has 2 aromatic heterocycles. The molecule has 0 bridgehead atoms. The van der Waals surface area contributed by atoms with Crippen LogP contribution in [0.15, 0.2) is 59.7 Å². The molecule has 3 aromatic rings. The Bertz CT molecular complexity index is 1050. The second-order valence-electron chi connectivity index (χ2n) is 8.40. The van der Waals surface area contributed by atoms with Crippen LogP contribution in [0.25, 0.3) is 0 Å². The largest absolute Gasteiger partial charge is 0.485 e. The van der Waals surface area contributed by atoms with Crippen LogP contribution in [-0.2, 0) is 13.2 Å². The molecule has 0 saturated carbocycles. The second-order valence-corrected chi connectivity index (χ2v) is 8.40. The van der Waals surface area contributed by atoms with E-state index in [0.717, 1.165) is 24.3 Å². The summed E-state index contributed by atoms with van der Waals surface area (Å²) in [6.45, 7) is 9.39. The van der Waals surface area contributed by atoms with Crippen LogP contribution in [-0.4, -0.2) is 27.6 Å². The van der Waals surface area contributed by atoms with Gasteiger partial charge in [0, 0.05) is 42.9 Å². The normalized spacial score (nSPS) is 15.1. The second kappa shape index (κ2) is 7.70. The Labute approximate surface area is 170 Å². The molecule has 1 saturated heterocycles. The van der Waals surface area contributed by atoms with Gasteiger partial charge in [-0.3, -0.25) is 4.79 Å². The predicted molar refractivity (Wildman–Crippen MR) is 113 cm³/mol. The van der Waals surface area contributed by atoms with Gasteiger partial charge in [0.05, 0.1) is 6.54 Å². The zero-order valence-electron chi connectivity index (χ0n) is 17.1. The van der Waals surface area contributed by atoms with Crippen LogP contribution < -0.4 is 15.2 Å². The van der Waals surface area contributed by atoms with Crippen LogP contribution in [0.2, 0.25) is 0 Å². The molecule has 0 spiro atoms. The number of aromatic nitrogens is 3. The lowest BCUT2D eigenvalue weighted by molar-refractivity contribution is 0.276. The van der Waals surface area contributed by atoms with Crippen LogP contribution in [0.3, 0.4) is 0 Å². The van der Waals surface area contributed by atoms with Crippen molar-refractivity contribution >= 4 is 5.69 Å². The monoisotopic (exact) mass is 390 g/mol. The van der Waals surface area contributed by atoms with Crippen LogP contribution >= 0.6 is 0 Å². The topological polar surface area (TPSA) is 60.3 Å². The number of benzene rings is 1. The van der Waals surface area contributed by atoms with Gasteiger partial charge in [-0.25, -0.2) is 9.97 Å². The maximum atomic E-state index is 12.7. The van der Waals surface area contributed by atoms with Crippen molar-refractivity contribution in [3.8, 4) is 5.75 Å². The first-order valence-electron chi connectivity index (χ1n) is 9.84. The molecule has 0 N–H and O–H groups in total. The van der Waals surface area contributed by atoms with Crippen molar-refractivity contribution in [2.24, 2.45) is 5.41 Å². The van der Waals surface area contributed by atoms with Gasteiger partial charge in [0.15, 0.2) is 5.82 Å². The van der Waals surface area contributed by atoms with Crippen molar-refractivity contribution in [3.05, 3.63) is 82.3 Å². The van der Waals surface area contributed by atoms with E-state index in [1.807, 2.05) is 13.0 Å². The first-order chi connectivity index (χ1) is 13.9. The maximum absolute atomic E-state index is 12.7. The Hall–Kier alpha value is -3.15. The van der Waals surface area contributed by atoms with Gasteiger partial charge >= 0.3 is 0 Å². The zero-order chi connectivity index (χ0) is 20.4. The van der Waals surface area contributed by atoms with E-state index >= 15 is 0 Å². The number of rotatable bonds is 6. The van der Waals surface area contributed by atoms with Gasteiger partial charge in [-0.05, 0) is 42.2 Å². The van der Waals surface area contributed by atoms with E-state index in [-0.39, 0.29) is 12.2 Å². The molecule has 6 nitrogen and oxygen atoms in total. The highest BCUT2D eigenvalue weighted by Crippen LogP contribution is 2.33. The summed E-state index contributed by atoms with van der Waals surface area (Å²) in [6, 6.07) is 13.6. The molecule has 3 heterocycles. The van der Waals surface area contributed by atoms with E-state index in [2.05, 4.69) is 53.0 Å². The van der Waals surface area contributed by atoms with Gasteiger partial charge in [-0.1, -0.05) is 26.0 Å². The van der Waals surface area contributed by atoms with Gasteiger partial charge in [0.1, 0.15) is 12.4 Å². The van der Waals surface area contributed by atoms with Crippen LogP contribution in [0, 0.1) is 12.3 Å². The summed E-state index contributed by atoms with van der Waals surface area (Å²) in [6.07, 6.45) is 3.34. The van der Waals surface area contributed by atoms with E-state index in [9.17, 15) is 4.79 Å². The fourth-order valence-electron chi connectivity index (χ4n) is 3.74. The Balaban J connectivity index is 1.47. The fourth-order valence-corrected chi connectivity index (χ4v) is 3.74. The molecule has 1 aliphatic heterocycles. The molecule has 0 atom stereocenters. The average molecular weight is 390 g/mol. The molecule has 4 rings (SSSR count). The fraction of sp³-hybridized carbons (Fsp3) is 0.348. The quantitative estimate of drug-likeness (QED) is 0.645. The number of hydrogen-bond acceptors (Lipinski definition) is 5. The molecule has 29 heavy (non-hydrogen) atoms. The van der Waals surface area contributed by atoms with Gasteiger partial charge in [0.2, 0.25) is 0 Å². The van der Waals surface area contributed by atoms with Crippen LogP contribution in [0.1, 0.15) is 30.9 Å². The predicted octanol–water partition coefficient (Wildman–Crippen LogP) is 3.42. The highest BCUT2D eigenvalue weighted by molar-refractivity contribution is 5.51. The van der Waals surface area contributed by atoms with Crippen LogP contribution in [0.5, 0.6) is 5.75 Å². The molecule has 0 aliphatic carbocycles. The van der Waals surface area contributed by atoms with Gasteiger partial charge < -0.3 is 14.2 Å². The maximum Gasteiger partial charge on any atom is 0.254 e. The number of ether oxygens (including phenoxy) is 1. The third-order valence-corrected chi connectivity index (χ3v) is 5.15. The SMILES string of the molecule is Cc1cc(OCc2ncccn2)cc(=O)n1Cc1cccc(N2CC(C)(C)C2)c1. The van der Waals surface area contributed by atoms with Crippen molar-refractivity contribution in [2.75, 3.05) is 18.0 Å². The van der Waals surface area contributed by atoms with Crippen molar-refractivity contribution in [1.82, 2.24) is 14.5 Å². The number of aryl methyl sites for hydroxylation is 1. The minimum atomic E-state index is -0.0792. The Kier molecular flexibility index (Phi) is 5.09. The van der Waals surface area contributed by atoms with E-state index in [4.69, 9.17) is 4.74 Å². The Morgan fingerprint density at radius 3 is 2.52 bits per heavy atom. The smallest absolute Gasteiger partial charge is 0.254 e. The number of anilines is 1. The zero-order valence-corrected chi connectivity index (χ0v) is 17.1. The highest BCUT2D eigenvalue weighted by atomic mass is 16.5. The summed E-state index contributed by atoms with van der Waals surface area (Å²) < 4.78 is 7.48. The van der Waals surface area contributed by atoms with Crippen molar-refractivity contribution in [3.63, 3.8) is 0 Å². The van der Waals surface area contributed by atoms with E-state index in [1.54, 1.807) is 23.0 Å². The highest BCUT2D eigenvalue weighted by Gasteiger charge is 2.34. The molecule has 1 aromatic carbocycles. The van der Waals surface area contributed by atoms with E-state index in [1.165, 1.54) is 11.8 Å². The lowest BCUT2D eigenvalue weighted by Gasteiger charge is -2.47. The van der Waals surface area contributed by atoms with Crippen molar-refractivity contribution in [1.29, 1.82) is 0 Å². The molecule has 0 radical (unpaired) electrons. The Morgan fingerprint density at radius 2 is 1.83 bits per heavy atom. The molecule has 150 valence electrons. The summed E-state index contributed by atoms with van der Waals surface area (Å²) >= 11 is 0. The minimum absolute atomic E-state index is 0.0792. The standard InChI is InChI=1S/C23H26N4O2/c1-17-10-20(29-14-21-24-8-5-9-25-21)12-22(28)27(17)13-18-6-4-7-19(11-18)26-15-23(2,3)16-26/h4-12H,13-16H2,1-3H3. The molecular weight excluding hydrogens is 364 g/mol. The summed E-state index contributed by atoms with van der Waals surface area (Å²) in [5.74, 6) is 1.12. The molecule has 1 aliphatic rings. The third-order valence-electron chi connectivity index (χ3n) is 5.15. The number of pyridine rings is 1. The first kappa shape index (κ1) is 19.2. The lowest BCUT2D eigenvalue weighted by atomic mass is 9.84. The van der Waals surface area contributed by atoms with E-state index in [0.29, 0.717) is 23.5 Å². The van der Waals surface area contributed by atoms with Gasteiger partial charge in [-0.2, -0.15) is 0 Å². The summed E-state index contributed by atoms with van der Waals surface area (Å²) in [7, 11) is 0. The minimum Gasteiger partial charge on any atom is -0.485 e. The van der Waals surface area contributed by atoms with Crippen molar-refractivity contribution < 1.29 is 4.74 Å².